The maximum Gasteiger partial charge on any atom is 0.326 e. The molecule has 8 heteroatoms. The van der Waals surface area contributed by atoms with Gasteiger partial charge in [0, 0.05) is 38.4 Å². The minimum Gasteiger partial charge on any atom is -0.480 e. The van der Waals surface area contributed by atoms with Gasteiger partial charge in [-0.25, -0.2) is 9.59 Å². The monoisotopic (exact) mass is 284 g/mol. The zero-order chi connectivity index (χ0) is 15.1. The van der Waals surface area contributed by atoms with Gasteiger partial charge in [-0.15, -0.1) is 0 Å². The summed E-state index contributed by atoms with van der Waals surface area (Å²) < 4.78 is 1.67. The van der Waals surface area contributed by atoms with Crippen LogP contribution in [0.4, 0.5) is 4.79 Å². The number of urea groups is 1. The fraction of sp³-hybridized carbons (Fsp3) is 0.583. The van der Waals surface area contributed by atoms with Crippen LogP contribution in [0.5, 0.6) is 0 Å². The van der Waals surface area contributed by atoms with E-state index in [-0.39, 0.29) is 19.6 Å². The lowest BCUT2D eigenvalue weighted by molar-refractivity contribution is -0.139. The Balaban J connectivity index is 2.52. The smallest absolute Gasteiger partial charge is 0.326 e. The number of carboxylic acids is 1. The fourth-order valence-electron chi connectivity index (χ4n) is 1.80. The van der Waals surface area contributed by atoms with Gasteiger partial charge in [0.15, 0.2) is 0 Å². The molecule has 0 aliphatic carbocycles. The van der Waals surface area contributed by atoms with Gasteiger partial charge in [0.25, 0.3) is 0 Å². The number of hydrogen-bond acceptors (Lipinski definition) is 4. The van der Waals surface area contributed by atoms with E-state index >= 15 is 0 Å². The van der Waals surface area contributed by atoms with Crippen LogP contribution in [0.25, 0.3) is 0 Å². The Kier molecular flexibility index (Phi) is 5.98. The Morgan fingerprint density at radius 3 is 2.75 bits per heavy atom. The van der Waals surface area contributed by atoms with E-state index in [2.05, 4.69) is 15.7 Å². The predicted molar refractivity (Wildman–Crippen MR) is 71.1 cm³/mol. The largest absolute Gasteiger partial charge is 0.480 e. The van der Waals surface area contributed by atoms with E-state index in [9.17, 15) is 9.59 Å². The van der Waals surface area contributed by atoms with E-state index in [0.717, 1.165) is 17.7 Å². The molecule has 8 nitrogen and oxygen atoms in total. The first-order valence-electron chi connectivity index (χ1n) is 6.37. The molecule has 0 spiro atoms. The number of aliphatic hydroxyl groups is 1. The summed E-state index contributed by atoms with van der Waals surface area (Å²) in [5.41, 5.74) is 1.78. The molecule has 4 N–H and O–H groups in total. The second-order valence-electron chi connectivity index (χ2n) is 4.36. The summed E-state index contributed by atoms with van der Waals surface area (Å²) >= 11 is 0. The van der Waals surface area contributed by atoms with E-state index in [4.69, 9.17) is 10.2 Å². The molecule has 0 unspecified atom stereocenters. The van der Waals surface area contributed by atoms with Crippen molar-refractivity contribution in [2.45, 2.75) is 32.4 Å². The van der Waals surface area contributed by atoms with Gasteiger partial charge >= 0.3 is 12.0 Å². The quantitative estimate of drug-likeness (QED) is 0.544. The first-order valence-corrected chi connectivity index (χ1v) is 6.37. The molecule has 1 aromatic rings. The maximum absolute atomic E-state index is 11.6. The van der Waals surface area contributed by atoms with Crippen molar-refractivity contribution in [3.05, 3.63) is 17.5 Å². The van der Waals surface area contributed by atoms with Gasteiger partial charge in [-0.3, -0.25) is 4.68 Å². The third-order valence-electron chi connectivity index (χ3n) is 2.79. The number of nitrogens with zero attached hydrogens (tertiary/aromatic N) is 2. The van der Waals surface area contributed by atoms with Gasteiger partial charge in [-0.2, -0.15) is 5.10 Å². The molecule has 1 heterocycles. The second-order valence-corrected chi connectivity index (χ2v) is 4.36. The van der Waals surface area contributed by atoms with Crippen LogP contribution in [0.15, 0.2) is 6.20 Å². The lowest BCUT2D eigenvalue weighted by Gasteiger charge is -2.13. The minimum atomic E-state index is -1.18. The van der Waals surface area contributed by atoms with Gasteiger partial charge in [0.05, 0.1) is 5.69 Å². The van der Waals surface area contributed by atoms with Crippen LogP contribution >= 0.6 is 0 Å². The van der Waals surface area contributed by atoms with Crippen LogP contribution in [0, 0.1) is 0 Å². The molecular formula is C12H20N4O4. The molecule has 0 aromatic carbocycles. The summed E-state index contributed by atoms with van der Waals surface area (Å²) in [7, 11) is 1.80. The van der Waals surface area contributed by atoms with Gasteiger partial charge in [-0.1, -0.05) is 6.92 Å². The number of nitrogens with one attached hydrogen (secondary N) is 2. The summed E-state index contributed by atoms with van der Waals surface area (Å²) in [6.07, 6.45) is 2.53. The van der Waals surface area contributed by atoms with Gasteiger partial charge < -0.3 is 20.8 Å². The van der Waals surface area contributed by atoms with Crippen molar-refractivity contribution in [3.63, 3.8) is 0 Å². The molecule has 0 aliphatic heterocycles. The number of aliphatic hydroxyl groups excluding tert-OH is 1. The Labute approximate surface area is 116 Å². The van der Waals surface area contributed by atoms with Gasteiger partial charge in [0.2, 0.25) is 0 Å². The standard InChI is InChI=1S/C12H20N4O4/c1-3-9-8(7-16(2)15-9)6-13-12(20)14-10(4-5-17)11(18)19/h7,10,17H,3-6H2,1-2H3,(H,18,19)(H2,13,14,20)/t10-/m0/s1. The molecule has 0 saturated heterocycles. The number of hydrogen-bond donors (Lipinski definition) is 4. The van der Waals surface area contributed by atoms with Gasteiger partial charge in [0.1, 0.15) is 6.04 Å². The highest BCUT2D eigenvalue weighted by Crippen LogP contribution is 2.06. The summed E-state index contributed by atoms with van der Waals surface area (Å²) in [6, 6.07) is -1.68. The molecule has 1 atom stereocenters. The van der Waals surface area contributed by atoms with Crippen LogP contribution in [0.1, 0.15) is 24.6 Å². The SMILES string of the molecule is CCc1nn(C)cc1CNC(=O)N[C@@H](CCO)C(=O)O. The van der Waals surface area contributed by atoms with Crippen LogP contribution in [-0.2, 0) is 24.8 Å². The van der Waals surface area contributed by atoms with Crippen LogP contribution < -0.4 is 10.6 Å². The highest BCUT2D eigenvalue weighted by atomic mass is 16.4. The first kappa shape index (κ1) is 16.0. The maximum atomic E-state index is 11.6. The van der Waals surface area contributed by atoms with Crippen LogP contribution in [0.2, 0.25) is 0 Å². The third kappa shape index (κ3) is 4.54. The van der Waals surface area contributed by atoms with Crippen LogP contribution in [0.3, 0.4) is 0 Å². The number of rotatable bonds is 7. The number of amides is 2. The Morgan fingerprint density at radius 2 is 2.20 bits per heavy atom. The molecule has 1 rings (SSSR count). The number of carbonyl (C=O) groups is 2. The topological polar surface area (TPSA) is 116 Å². The van der Waals surface area contributed by atoms with E-state index in [0.29, 0.717) is 0 Å². The molecule has 112 valence electrons. The van der Waals surface area contributed by atoms with Crippen LogP contribution in [-0.4, -0.2) is 44.6 Å². The van der Waals surface area contributed by atoms with Crippen molar-refractivity contribution in [3.8, 4) is 0 Å². The van der Waals surface area contributed by atoms with Crippen molar-refractivity contribution in [1.29, 1.82) is 0 Å². The second kappa shape index (κ2) is 7.49. The van der Waals surface area contributed by atoms with Crippen molar-refractivity contribution >= 4 is 12.0 Å². The molecule has 2 amide bonds. The zero-order valence-corrected chi connectivity index (χ0v) is 11.6. The van der Waals surface area contributed by atoms with Crippen molar-refractivity contribution < 1.29 is 19.8 Å². The molecule has 0 bridgehead atoms. The lowest BCUT2D eigenvalue weighted by Crippen LogP contribution is -2.46. The average molecular weight is 284 g/mol. The van der Waals surface area contributed by atoms with Gasteiger partial charge in [-0.05, 0) is 6.42 Å². The van der Waals surface area contributed by atoms with E-state index in [1.165, 1.54) is 0 Å². The van der Waals surface area contributed by atoms with E-state index in [1.807, 2.05) is 13.1 Å². The Hall–Kier alpha value is -2.09. The molecular weight excluding hydrogens is 264 g/mol. The average Bonchev–Trinajstić information content (AvgIpc) is 2.76. The molecule has 1 aromatic heterocycles. The van der Waals surface area contributed by atoms with Crippen molar-refractivity contribution in [2.75, 3.05) is 6.61 Å². The number of aliphatic carboxylic acids is 1. The van der Waals surface area contributed by atoms with E-state index < -0.39 is 18.0 Å². The molecule has 20 heavy (non-hydrogen) atoms. The molecule has 0 saturated carbocycles. The van der Waals surface area contributed by atoms with Crippen molar-refractivity contribution in [1.82, 2.24) is 20.4 Å². The third-order valence-corrected chi connectivity index (χ3v) is 2.79. The number of carbonyl (C=O) groups excluding carboxylic acids is 1. The van der Waals surface area contributed by atoms with Crippen molar-refractivity contribution in [2.24, 2.45) is 7.05 Å². The number of carboxylic acid groups (broad SMARTS) is 1. The zero-order valence-electron chi connectivity index (χ0n) is 11.6. The first-order chi connectivity index (χ1) is 9.47. The minimum absolute atomic E-state index is 0.0319. The highest BCUT2D eigenvalue weighted by molar-refractivity contribution is 5.82. The molecule has 0 radical (unpaired) electrons. The predicted octanol–water partition coefficient (Wildman–Crippen LogP) is -0.383. The highest BCUT2D eigenvalue weighted by Gasteiger charge is 2.19. The Bertz CT molecular complexity index is 472. The number of aryl methyl sites for hydroxylation is 2. The Morgan fingerprint density at radius 1 is 1.50 bits per heavy atom. The summed E-state index contributed by atoms with van der Waals surface area (Å²) in [4.78, 5) is 22.5. The van der Waals surface area contributed by atoms with E-state index in [1.54, 1.807) is 11.7 Å². The molecule has 0 aliphatic rings. The summed E-state index contributed by atoms with van der Waals surface area (Å²) in [5, 5.41) is 26.7. The lowest BCUT2D eigenvalue weighted by atomic mass is 10.2. The normalized spacial score (nSPS) is 11.9. The molecule has 0 fully saturated rings. The fourth-order valence-corrected chi connectivity index (χ4v) is 1.80. The summed E-state index contributed by atoms with van der Waals surface area (Å²) in [5.74, 6) is -1.18. The number of aromatic nitrogens is 2. The summed E-state index contributed by atoms with van der Waals surface area (Å²) in [6.45, 7) is 1.93.